The molecular weight excluding hydrogens is 1160 g/mol. The van der Waals surface area contributed by atoms with Gasteiger partial charge < -0.3 is 91.7 Å². The Labute approximate surface area is 504 Å². The lowest BCUT2D eigenvalue weighted by atomic mass is 9.88. The third kappa shape index (κ3) is 21.9. The molecule has 0 aromatic heterocycles. The van der Waals surface area contributed by atoms with Gasteiger partial charge in [0, 0.05) is 87.7 Å². The number of rotatable bonds is 34. The van der Waals surface area contributed by atoms with Crippen LogP contribution in [0.15, 0.2) is 97.1 Å². The minimum atomic E-state index is -2.48. The Kier molecular flexibility index (Phi) is 28.6. The zero-order valence-electron chi connectivity index (χ0n) is 47.4. The zero-order chi connectivity index (χ0) is 62.8. The van der Waals surface area contributed by atoms with E-state index in [1.165, 1.54) is 72.1 Å². The number of aliphatic carboxylic acids is 2. The SMILES string of the molecule is CC(=O)N[C@@H]1[C@@H](O)C[C@](OCCCSCCNC(=O)c2ccc(C(=O)NCCSCCCO[C@]3(C(=O)O)C[C@H](O)[C@@H](NC(C)=O)[C@H](C(O)[C@H](O)CNC(=O)/C=C/c4ccccc4)O3)cc2)(C(=O)O)O[C@H]1C(O)[C@H](O)CNC(=O)/C=C/c1ccccc1. The minimum absolute atomic E-state index is 0.178. The first-order chi connectivity index (χ1) is 41.0. The molecule has 2 fully saturated rings. The van der Waals surface area contributed by atoms with Crippen molar-refractivity contribution >= 4 is 83.1 Å². The number of thioether (sulfide) groups is 2. The van der Waals surface area contributed by atoms with Crippen molar-refractivity contribution in [2.45, 2.75) is 112 Å². The maximum absolute atomic E-state index is 12.9. The second kappa shape index (κ2) is 35.1. The number of carboxylic acids is 2. The molecule has 12 atom stereocenters. The summed E-state index contributed by atoms with van der Waals surface area (Å²) in [6.07, 6.45) is -9.03. The number of nitrogens with one attached hydrogen (secondary N) is 6. The molecule has 14 N–H and O–H groups in total. The van der Waals surface area contributed by atoms with Gasteiger partial charge in [0.15, 0.2) is 0 Å². The highest BCUT2D eigenvalue weighted by atomic mass is 32.2. The highest BCUT2D eigenvalue weighted by Gasteiger charge is 2.57. The van der Waals surface area contributed by atoms with Crippen LogP contribution in [-0.2, 0) is 47.7 Å². The maximum Gasteiger partial charge on any atom is 0.364 e. The van der Waals surface area contributed by atoms with Crippen LogP contribution in [0.5, 0.6) is 0 Å². The quantitative estimate of drug-likeness (QED) is 0.0262. The highest BCUT2D eigenvalue weighted by molar-refractivity contribution is 7.99. The van der Waals surface area contributed by atoms with Crippen LogP contribution in [0.3, 0.4) is 0 Å². The van der Waals surface area contributed by atoms with E-state index >= 15 is 0 Å². The predicted molar refractivity (Wildman–Crippen MR) is 315 cm³/mol. The average Bonchev–Trinajstić information content (AvgIpc) is 1.15. The number of ether oxygens (including phenoxy) is 4. The Balaban J connectivity index is 0.975. The summed E-state index contributed by atoms with van der Waals surface area (Å²) in [7, 11) is 0. The standard InChI is InChI=1S/C58H76N6O20S2/c1-35(65)63-47-41(67)31-57(55(77)78,83-51(47)49(73)43(69)33-61-45(71)21-15-37-11-5-3-6-12-37)81-25-9-27-85-29-23-59-53(75)39-17-19-40(20-18-39)54(76)60-24-30-86-28-10-26-82-58(56(79)80)32-42(68)48(64-36(2)66)52(84-58)50(74)44(70)34-62-46(72)22-16-38-13-7-4-8-14-38/h3-8,11-22,41-44,47-52,67-70,73-74H,9-10,23-34H2,1-2H3,(H,59,75)(H,60,76)(H,61,71)(H,62,72)(H,63,65)(H,64,66)(H,77,78)(H,79,80)/b21-15+,22-16+/t41-,42-,43+,44+,47+,48+,49?,50?,51+,52+,57+,58+/m0/s1. The van der Waals surface area contributed by atoms with Crippen LogP contribution in [-0.4, -0.2) is 223 Å². The first-order valence-electron chi connectivity index (χ1n) is 27.6. The zero-order valence-corrected chi connectivity index (χ0v) is 49.0. The molecule has 3 aromatic carbocycles. The molecule has 6 amide bonds. The van der Waals surface area contributed by atoms with Crippen molar-refractivity contribution in [1.29, 1.82) is 0 Å². The van der Waals surface area contributed by atoms with Gasteiger partial charge in [0.25, 0.3) is 23.4 Å². The van der Waals surface area contributed by atoms with Crippen LogP contribution in [0.4, 0.5) is 0 Å². The molecule has 470 valence electrons. The molecular formula is C58H76N6O20S2. The van der Waals surface area contributed by atoms with E-state index in [9.17, 15) is 79.2 Å². The summed E-state index contributed by atoms with van der Waals surface area (Å²) in [5, 5.41) is 102. The average molecular weight is 1240 g/mol. The molecule has 2 heterocycles. The molecule has 2 aliphatic rings. The number of benzene rings is 3. The van der Waals surface area contributed by atoms with Crippen LogP contribution in [0.1, 0.15) is 71.4 Å². The van der Waals surface area contributed by atoms with Gasteiger partial charge in [0.2, 0.25) is 23.6 Å². The number of aliphatic hydroxyl groups excluding tert-OH is 6. The van der Waals surface area contributed by atoms with Gasteiger partial charge in [0.05, 0.1) is 49.7 Å². The van der Waals surface area contributed by atoms with Crippen molar-refractivity contribution in [1.82, 2.24) is 31.9 Å². The van der Waals surface area contributed by atoms with E-state index in [0.29, 0.717) is 47.0 Å². The third-order valence-electron chi connectivity index (χ3n) is 13.4. The van der Waals surface area contributed by atoms with Gasteiger partial charge >= 0.3 is 11.9 Å². The smallest absolute Gasteiger partial charge is 0.364 e. The number of carbonyl (C=O) groups is 8. The van der Waals surface area contributed by atoms with Gasteiger partial charge in [-0.25, -0.2) is 9.59 Å². The number of hydrogen-bond acceptors (Lipinski definition) is 20. The van der Waals surface area contributed by atoms with Crippen molar-refractivity contribution < 1.29 is 98.2 Å². The Hall–Kier alpha value is -6.80. The highest BCUT2D eigenvalue weighted by Crippen LogP contribution is 2.35. The molecule has 0 bridgehead atoms. The molecule has 28 heteroatoms. The van der Waals surface area contributed by atoms with Gasteiger partial charge in [0.1, 0.15) is 24.4 Å². The molecule has 2 saturated heterocycles. The Bertz CT molecular complexity index is 2580. The Morgan fingerprint density at radius 2 is 0.919 bits per heavy atom. The number of carboxylic acid groups (broad SMARTS) is 2. The van der Waals surface area contributed by atoms with Crippen molar-refractivity contribution in [3.8, 4) is 0 Å². The van der Waals surface area contributed by atoms with Gasteiger partial charge in [-0.1, -0.05) is 60.7 Å². The number of amides is 6. The maximum atomic E-state index is 12.9. The lowest BCUT2D eigenvalue weighted by Crippen LogP contribution is -2.68. The van der Waals surface area contributed by atoms with Crippen molar-refractivity contribution in [2.75, 3.05) is 62.4 Å². The van der Waals surface area contributed by atoms with Crippen LogP contribution in [0.2, 0.25) is 0 Å². The minimum Gasteiger partial charge on any atom is -0.477 e. The normalized spacial score (nSPS) is 23.5. The molecule has 0 spiro atoms. The Morgan fingerprint density at radius 1 is 0.558 bits per heavy atom. The lowest BCUT2D eigenvalue weighted by molar-refractivity contribution is -0.310. The summed E-state index contributed by atoms with van der Waals surface area (Å²) in [4.78, 5) is 99.9. The Morgan fingerprint density at radius 3 is 1.26 bits per heavy atom. The molecule has 0 saturated carbocycles. The topological polar surface area (TPSA) is 408 Å². The summed E-state index contributed by atoms with van der Waals surface area (Å²) in [5.41, 5.74) is 2.08. The van der Waals surface area contributed by atoms with Crippen LogP contribution in [0.25, 0.3) is 12.2 Å². The summed E-state index contributed by atoms with van der Waals surface area (Å²) in [6, 6.07) is 21.1. The summed E-state index contributed by atoms with van der Waals surface area (Å²) < 4.78 is 23.0. The fraction of sp³-hybridized carbons (Fsp3) is 0.483. The van der Waals surface area contributed by atoms with E-state index in [1.807, 2.05) is 12.1 Å². The first kappa shape index (κ1) is 70.0. The van der Waals surface area contributed by atoms with Crippen LogP contribution in [0, 0.1) is 0 Å². The number of aliphatic hydroxyl groups is 6. The number of carbonyl (C=O) groups excluding carboxylic acids is 6. The predicted octanol–water partition coefficient (Wildman–Crippen LogP) is -0.600. The van der Waals surface area contributed by atoms with E-state index in [2.05, 4.69) is 31.9 Å². The fourth-order valence-corrected chi connectivity index (χ4v) is 10.6. The second-order valence-electron chi connectivity index (χ2n) is 20.1. The van der Waals surface area contributed by atoms with Gasteiger partial charge in [-0.05, 0) is 71.9 Å². The van der Waals surface area contributed by atoms with Crippen molar-refractivity contribution in [3.05, 3.63) is 119 Å². The monoisotopic (exact) mass is 1240 g/mol. The molecule has 26 nitrogen and oxygen atoms in total. The second-order valence-corrected chi connectivity index (χ2v) is 22.5. The van der Waals surface area contributed by atoms with E-state index in [4.69, 9.17) is 18.9 Å². The first-order valence-corrected chi connectivity index (χ1v) is 29.9. The van der Waals surface area contributed by atoms with Crippen molar-refractivity contribution in [3.63, 3.8) is 0 Å². The summed E-state index contributed by atoms with van der Waals surface area (Å²) in [6.45, 7) is 1.45. The molecule has 2 unspecified atom stereocenters. The third-order valence-corrected chi connectivity index (χ3v) is 15.6. The summed E-state index contributed by atoms with van der Waals surface area (Å²) >= 11 is 2.84. The van der Waals surface area contributed by atoms with Gasteiger partial charge in [-0.3, -0.25) is 28.8 Å². The van der Waals surface area contributed by atoms with Crippen LogP contribution < -0.4 is 31.9 Å². The lowest BCUT2D eigenvalue weighted by Gasteiger charge is -2.46. The van der Waals surface area contributed by atoms with E-state index < -0.39 is 146 Å². The van der Waals surface area contributed by atoms with Crippen molar-refractivity contribution in [2.24, 2.45) is 0 Å². The summed E-state index contributed by atoms with van der Waals surface area (Å²) in [5.74, 6) is -9.64. The molecule has 2 aliphatic heterocycles. The molecule has 5 rings (SSSR count). The molecule has 0 radical (unpaired) electrons. The largest absolute Gasteiger partial charge is 0.477 e. The van der Waals surface area contributed by atoms with E-state index in [0.717, 1.165) is 25.0 Å². The fourth-order valence-electron chi connectivity index (χ4n) is 9.03. The van der Waals surface area contributed by atoms with E-state index in [-0.39, 0.29) is 26.3 Å². The van der Waals surface area contributed by atoms with Gasteiger partial charge in [-0.2, -0.15) is 23.5 Å². The van der Waals surface area contributed by atoms with E-state index in [1.54, 1.807) is 48.5 Å². The molecule has 86 heavy (non-hydrogen) atoms. The molecule has 3 aromatic rings. The number of hydrogen-bond donors (Lipinski definition) is 14. The molecule has 0 aliphatic carbocycles. The van der Waals surface area contributed by atoms with Gasteiger partial charge in [-0.15, -0.1) is 0 Å². The van der Waals surface area contributed by atoms with Crippen LogP contribution >= 0.6 is 23.5 Å².